The molecule has 6 rings (SSSR count). The van der Waals surface area contributed by atoms with Crippen LogP contribution in [-0.2, 0) is 32.3 Å². The van der Waals surface area contributed by atoms with E-state index in [1.807, 2.05) is 42.5 Å². The largest absolute Gasteiger partial charge is 0.278 e. The third-order valence-electron chi connectivity index (χ3n) is 10.6. The van der Waals surface area contributed by atoms with E-state index in [0.717, 1.165) is 36.8 Å². The number of carbonyl (C=O) groups excluding carboxylic acids is 4. The van der Waals surface area contributed by atoms with Crippen molar-refractivity contribution < 1.29 is 19.2 Å². The maximum absolute atomic E-state index is 13.7. The molecule has 3 aliphatic carbocycles. The highest BCUT2D eigenvalue weighted by Gasteiger charge is 2.62. The fraction of sp³-hybridized carbons (Fsp3) is 0.486. The van der Waals surface area contributed by atoms with Gasteiger partial charge in [0.25, 0.3) is 0 Å². The molecular weight excluding hydrogens is 512 g/mol. The lowest BCUT2D eigenvalue weighted by Gasteiger charge is -2.37. The van der Waals surface area contributed by atoms with Gasteiger partial charge in [-0.25, -0.2) is 0 Å². The molecule has 0 N–H and O–H groups in total. The molecule has 4 amide bonds. The Kier molecular flexibility index (Phi) is 6.99. The number of hydrogen-bond donors (Lipinski definition) is 0. The van der Waals surface area contributed by atoms with Crippen molar-refractivity contribution in [1.82, 2.24) is 9.80 Å². The van der Waals surface area contributed by atoms with E-state index in [4.69, 9.17) is 0 Å². The molecule has 5 aliphatic rings. The highest BCUT2D eigenvalue weighted by atomic mass is 16.2. The Bertz CT molecular complexity index is 1380. The summed E-state index contributed by atoms with van der Waals surface area (Å²) < 4.78 is 0. The summed E-state index contributed by atoms with van der Waals surface area (Å²) >= 11 is 0. The maximum Gasteiger partial charge on any atom is 0.234 e. The van der Waals surface area contributed by atoms with Crippen LogP contribution in [0, 0.1) is 52.8 Å². The Morgan fingerprint density at radius 1 is 0.878 bits per heavy atom. The van der Waals surface area contributed by atoms with E-state index >= 15 is 0 Å². The number of hydrogen-bond acceptors (Lipinski definition) is 4. The predicted octanol–water partition coefficient (Wildman–Crippen LogP) is 5.47. The number of fused-ring (bicyclic) bond motifs is 6. The Morgan fingerprint density at radius 3 is 2.17 bits per heavy atom. The van der Waals surface area contributed by atoms with Crippen LogP contribution in [0.25, 0.3) is 0 Å². The van der Waals surface area contributed by atoms with Crippen LogP contribution >= 0.6 is 0 Å². The van der Waals surface area contributed by atoms with Crippen LogP contribution in [0.2, 0.25) is 0 Å². The Hall–Kier alpha value is -3.54. The third-order valence-corrected chi connectivity index (χ3v) is 10.6. The summed E-state index contributed by atoms with van der Waals surface area (Å²) in [6.07, 6.45) is 15.5. The first kappa shape index (κ1) is 27.6. The maximum atomic E-state index is 13.7. The zero-order valence-electron chi connectivity index (χ0n) is 24.1. The van der Waals surface area contributed by atoms with Crippen LogP contribution in [-0.4, -0.2) is 33.4 Å². The van der Waals surface area contributed by atoms with E-state index in [2.05, 4.69) is 45.2 Å². The standard InChI is InChI=1S/C35H40N2O4/c1-5-7-8-12-24-16-21(3)27-28(24)32(39)36(31(27)38)19-22-10-9-11-23(17-22)20-37-33(40)29-25-13-15-35(4,14-6-2)26(18-25)30(29)34(37)41/h5-6,8-13,15,17,21,24-30H,1-2,7,14,16,18-20H2,3-4H3/b12-8+. The van der Waals surface area contributed by atoms with E-state index in [9.17, 15) is 19.2 Å². The van der Waals surface area contributed by atoms with E-state index < -0.39 is 0 Å². The molecule has 2 heterocycles. The van der Waals surface area contributed by atoms with Gasteiger partial charge in [0.05, 0.1) is 36.8 Å². The van der Waals surface area contributed by atoms with Gasteiger partial charge in [-0.1, -0.05) is 74.6 Å². The first-order chi connectivity index (χ1) is 19.7. The second kappa shape index (κ2) is 10.4. The Morgan fingerprint density at radius 2 is 1.51 bits per heavy atom. The molecule has 214 valence electrons. The lowest BCUT2D eigenvalue weighted by Crippen LogP contribution is -2.37. The summed E-state index contributed by atoms with van der Waals surface area (Å²) in [6.45, 7) is 12.3. The lowest BCUT2D eigenvalue weighted by molar-refractivity contribution is -0.143. The van der Waals surface area contributed by atoms with Crippen LogP contribution in [0.5, 0.6) is 0 Å². The molecule has 9 unspecified atom stereocenters. The summed E-state index contributed by atoms with van der Waals surface area (Å²) in [5.41, 5.74) is 1.50. The molecular formula is C35H40N2O4. The van der Waals surface area contributed by atoms with Crippen molar-refractivity contribution in [3.63, 3.8) is 0 Å². The number of carbonyl (C=O) groups is 4. The molecule has 4 fully saturated rings. The molecule has 41 heavy (non-hydrogen) atoms. The van der Waals surface area contributed by atoms with Crippen molar-refractivity contribution in [1.29, 1.82) is 0 Å². The Balaban J connectivity index is 1.17. The minimum Gasteiger partial charge on any atom is -0.278 e. The molecule has 0 radical (unpaired) electrons. The summed E-state index contributed by atoms with van der Waals surface area (Å²) in [5.74, 6) is -1.01. The van der Waals surface area contributed by atoms with Gasteiger partial charge in [-0.2, -0.15) is 0 Å². The number of amides is 4. The second-order valence-corrected chi connectivity index (χ2v) is 13.1. The van der Waals surface area contributed by atoms with Crippen LogP contribution in [0.15, 0.2) is 73.9 Å². The quantitative estimate of drug-likeness (QED) is 0.301. The first-order valence-corrected chi connectivity index (χ1v) is 15.0. The summed E-state index contributed by atoms with van der Waals surface area (Å²) in [7, 11) is 0. The van der Waals surface area contributed by atoms with Gasteiger partial charge in [-0.15, -0.1) is 13.2 Å². The highest BCUT2D eigenvalue weighted by molar-refractivity contribution is 6.06. The average molecular weight is 553 g/mol. The summed E-state index contributed by atoms with van der Waals surface area (Å²) in [4.78, 5) is 57.0. The van der Waals surface area contributed by atoms with Crippen molar-refractivity contribution in [2.75, 3.05) is 0 Å². The topological polar surface area (TPSA) is 74.8 Å². The fourth-order valence-electron chi connectivity index (χ4n) is 8.71. The Labute approximate surface area is 242 Å². The van der Waals surface area contributed by atoms with Gasteiger partial charge in [0.2, 0.25) is 23.6 Å². The third kappa shape index (κ3) is 4.38. The molecule has 0 aromatic heterocycles. The number of nitrogens with zero attached hydrogens (tertiary/aromatic N) is 2. The predicted molar refractivity (Wildman–Crippen MR) is 156 cm³/mol. The molecule has 6 heteroatoms. The molecule has 9 atom stereocenters. The van der Waals surface area contributed by atoms with Crippen LogP contribution in [0.4, 0.5) is 0 Å². The number of rotatable bonds is 9. The zero-order valence-corrected chi connectivity index (χ0v) is 24.1. The zero-order chi connectivity index (χ0) is 29.1. The van der Waals surface area contributed by atoms with Crippen molar-refractivity contribution in [2.24, 2.45) is 52.8 Å². The van der Waals surface area contributed by atoms with Gasteiger partial charge in [0, 0.05) is 0 Å². The molecule has 2 aliphatic heterocycles. The molecule has 2 saturated carbocycles. The monoisotopic (exact) mass is 552 g/mol. The summed E-state index contributed by atoms with van der Waals surface area (Å²) in [6, 6.07) is 7.62. The van der Waals surface area contributed by atoms with E-state index in [-0.39, 0.29) is 89.5 Å². The van der Waals surface area contributed by atoms with Crippen LogP contribution in [0.1, 0.15) is 50.7 Å². The second-order valence-electron chi connectivity index (χ2n) is 13.1. The lowest BCUT2D eigenvalue weighted by atomic mass is 9.67. The molecule has 2 bridgehead atoms. The van der Waals surface area contributed by atoms with Crippen molar-refractivity contribution in [3.8, 4) is 0 Å². The van der Waals surface area contributed by atoms with Crippen molar-refractivity contribution >= 4 is 23.6 Å². The van der Waals surface area contributed by atoms with Gasteiger partial charge in [-0.3, -0.25) is 29.0 Å². The normalized spacial score (nSPS) is 37.4. The van der Waals surface area contributed by atoms with E-state index in [1.54, 1.807) is 0 Å². The molecule has 1 aromatic carbocycles. The molecule has 2 saturated heterocycles. The van der Waals surface area contributed by atoms with Gasteiger partial charge >= 0.3 is 0 Å². The number of imide groups is 2. The molecule has 0 spiro atoms. The average Bonchev–Trinajstić information content (AvgIpc) is 3.61. The van der Waals surface area contributed by atoms with E-state index in [1.165, 1.54) is 9.80 Å². The van der Waals surface area contributed by atoms with Gasteiger partial charge in [0.1, 0.15) is 0 Å². The van der Waals surface area contributed by atoms with Crippen molar-refractivity contribution in [2.45, 2.75) is 52.6 Å². The number of likely N-dealkylation sites (tertiary alicyclic amines) is 2. The molecule has 1 aromatic rings. The van der Waals surface area contributed by atoms with E-state index in [0.29, 0.717) is 0 Å². The fourth-order valence-corrected chi connectivity index (χ4v) is 8.71. The van der Waals surface area contributed by atoms with Crippen molar-refractivity contribution in [3.05, 3.63) is 85.0 Å². The SMILES string of the molecule is C=CC/C=C/C1CC(C)C2C(=O)N(Cc3cccc(CN4C(=O)C5C6C=CC(C)(CC=C)C(C6)C5C4=O)c3)C(=O)C12. The minimum atomic E-state index is -0.304. The van der Waals surface area contributed by atoms with Gasteiger partial charge in [-0.05, 0) is 65.9 Å². The van der Waals surface area contributed by atoms with Crippen LogP contribution in [0.3, 0.4) is 0 Å². The van der Waals surface area contributed by atoms with Gasteiger partial charge in [0.15, 0.2) is 0 Å². The number of allylic oxidation sites excluding steroid dienone is 6. The van der Waals surface area contributed by atoms with Gasteiger partial charge < -0.3 is 0 Å². The minimum absolute atomic E-state index is 0.0667. The summed E-state index contributed by atoms with van der Waals surface area (Å²) in [5, 5.41) is 0. The highest BCUT2D eigenvalue weighted by Crippen LogP contribution is 2.59. The number of benzene rings is 1. The first-order valence-electron chi connectivity index (χ1n) is 15.0. The van der Waals surface area contributed by atoms with Crippen LogP contribution < -0.4 is 0 Å². The molecule has 6 nitrogen and oxygen atoms in total. The smallest absolute Gasteiger partial charge is 0.234 e.